The number of hydrogen-bond acceptors (Lipinski definition) is 4. The first kappa shape index (κ1) is 15.4. The first-order chi connectivity index (χ1) is 7.71. The highest BCUT2D eigenvalue weighted by molar-refractivity contribution is 5.75. The van der Waals surface area contributed by atoms with E-state index in [1.165, 1.54) is 0 Å². The Morgan fingerprint density at radius 2 is 1.88 bits per heavy atom. The van der Waals surface area contributed by atoms with Crippen LogP contribution in [-0.2, 0) is 14.3 Å². The van der Waals surface area contributed by atoms with E-state index in [2.05, 4.69) is 4.90 Å². The lowest BCUT2D eigenvalue weighted by Crippen LogP contribution is -2.43. The normalized spacial score (nSPS) is 12.8. The summed E-state index contributed by atoms with van der Waals surface area (Å²) in [5.41, 5.74) is 0. The number of nitrogens with zero attached hydrogens (tertiary/aromatic N) is 1. The van der Waals surface area contributed by atoms with Gasteiger partial charge in [0.2, 0.25) is 0 Å². The largest absolute Gasteiger partial charge is 0.465 e. The Hall–Kier alpha value is -0.610. The summed E-state index contributed by atoms with van der Waals surface area (Å²) in [5.74, 6) is -0.122. The molecule has 0 saturated heterocycles. The first-order valence-electron chi connectivity index (χ1n) is 6.19. The third-order valence-corrected chi connectivity index (χ3v) is 2.52. The van der Waals surface area contributed by atoms with Crippen LogP contribution >= 0.6 is 0 Å². The van der Waals surface area contributed by atoms with E-state index in [1.54, 1.807) is 0 Å². The molecule has 0 spiro atoms. The Morgan fingerprint density at radius 3 is 2.31 bits per heavy atom. The zero-order chi connectivity index (χ0) is 12.4. The Morgan fingerprint density at radius 1 is 1.19 bits per heavy atom. The minimum absolute atomic E-state index is 0.122. The summed E-state index contributed by atoms with van der Waals surface area (Å²) < 4.78 is 10.4. The second-order valence-electron chi connectivity index (χ2n) is 3.50. The number of hydrogen-bond donors (Lipinski definition) is 0. The number of carbonyl (C=O) groups excluding carboxylic acids is 1. The SMILES string of the molecule is CCOCCN(CC)C(CC)C(=O)OCC. The number of likely N-dealkylation sites (N-methyl/N-ethyl adjacent to an activating group) is 1. The van der Waals surface area contributed by atoms with Crippen LogP contribution in [0.5, 0.6) is 0 Å². The van der Waals surface area contributed by atoms with Gasteiger partial charge in [-0.25, -0.2) is 0 Å². The van der Waals surface area contributed by atoms with Gasteiger partial charge in [0.1, 0.15) is 6.04 Å². The van der Waals surface area contributed by atoms with Crippen molar-refractivity contribution in [1.29, 1.82) is 0 Å². The van der Waals surface area contributed by atoms with E-state index in [1.807, 2.05) is 27.7 Å². The maximum absolute atomic E-state index is 11.7. The fourth-order valence-electron chi connectivity index (χ4n) is 1.67. The molecule has 4 nitrogen and oxygen atoms in total. The van der Waals surface area contributed by atoms with Gasteiger partial charge in [0.25, 0.3) is 0 Å². The third kappa shape index (κ3) is 5.47. The van der Waals surface area contributed by atoms with E-state index in [9.17, 15) is 4.79 Å². The van der Waals surface area contributed by atoms with Crippen molar-refractivity contribution in [2.75, 3.05) is 32.9 Å². The lowest BCUT2D eigenvalue weighted by atomic mass is 10.2. The molecule has 0 aliphatic carbocycles. The quantitative estimate of drug-likeness (QED) is 0.447. The average molecular weight is 231 g/mol. The summed E-state index contributed by atoms with van der Waals surface area (Å²) in [6, 6.07) is -0.134. The second kappa shape index (κ2) is 9.60. The van der Waals surface area contributed by atoms with Gasteiger partial charge in [0.05, 0.1) is 13.2 Å². The van der Waals surface area contributed by atoms with Crippen molar-refractivity contribution in [1.82, 2.24) is 4.90 Å². The molecule has 0 fully saturated rings. The molecular formula is C12H25NO3. The maximum atomic E-state index is 11.7. The lowest BCUT2D eigenvalue weighted by molar-refractivity contribution is -0.149. The monoisotopic (exact) mass is 231 g/mol. The highest BCUT2D eigenvalue weighted by Gasteiger charge is 2.23. The molecule has 0 heterocycles. The summed E-state index contributed by atoms with van der Waals surface area (Å²) in [7, 11) is 0. The zero-order valence-electron chi connectivity index (χ0n) is 11.0. The van der Waals surface area contributed by atoms with Crippen LogP contribution in [0.3, 0.4) is 0 Å². The van der Waals surface area contributed by atoms with Gasteiger partial charge >= 0.3 is 5.97 Å². The van der Waals surface area contributed by atoms with Crippen LogP contribution in [0.2, 0.25) is 0 Å². The van der Waals surface area contributed by atoms with E-state index in [0.717, 1.165) is 19.5 Å². The van der Waals surface area contributed by atoms with Crippen molar-refractivity contribution in [2.45, 2.75) is 40.2 Å². The molecule has 0 saturated carbocycles. The van der Waals surface area contributed by atoms with Crippen molar-refractivity contribution < 1.29 is 14.3 Å². The van der Waals surface area contributed by atoms with Crippen LogP contribution in [0, 0.1) is 0 Å². The topological polar surface area (TPSA) is 38.8 Å². The van der Waals surface area contributed by atoms with Crippen LogP contribution in [-0.4, -0.2) is 49.8 Å². The van der Waals surface area contributed by atoms with Gasteiger partial charge in [-0.2, -0.15) is 0 Å². The molecule has 0 bridgehead atoms. The molecule has 0 aliphatic rings. The van der Waals surface area contributed by atoms with Crippen LogP contribution in [0.1, 0.15) is 34.1 Å². The van der Waals surface area contributed by atoms with E-state index in [0.29, 0.717) is 19.8 Å². The smallest absolute Gasteiger partial charge is 0.323 e. The number of rotatable bonds is 9. The summed E-state index contributed by atoms with van der Waals surface area (Å²) in [4.78, 5) is 13.8. The molecule has 0 amide bonds. The van der Waals surface area contributed by atoms with Gasteiger partial charge in [-0.3, -0.25) is 9.69 Å². The molecule has 0 aromatic heterocycles. The number of ether oxygens (including phenoxy) is 2. The predicted molar refractivity (Wildman–Crippen MR) is 64.5 cm³/mol. The van der Waals surface area contributed by atoms with Crippen molar-refractivity contribution in [3.8, 4) is 0 Å². The molecule has 4 heteroatoms. The minimum atomic E-state index is -0.134. The molecule has 1 atom stereocenters. The molecule has 0 N–H and O–H groups in total. The average Bonchev–Trinajstić information content (AvgIpc) is 2.28. The van der Waals surface area contributed by atoms with E-state index in [-0.39, 0.29) is 12.0 Å². The van der Waals surface area contributed by atoms with Gasteiger partial charge < -0.3 is 9.47 Å². The van der Waals surface area contributed by atoms with Gasteiger partial charge in [0, 0.05) is 13.2 Å². The Balaban J connectivity index is 4.20. The summed E-state index contributed by atoms with van der Waals surface area (Å²) in [5, 5.41) is 0. The van der Waals surface area contributed by atoms with Gasteiger partial charge in [-0.1, -0.05) is 13.8 Å². The molecule has 16 heavy (non-hydrogen) atoms. The van der Waals surface area contributed by atoms with E-state index >= 15 is 0 Å². The maximum Gasteiger partial charge on any atom is 0.323 e. The van der Waals surface area contributed by atoms with Gasteiger partial charge in [-0.15, -0.1) is 0 Å². The van der Waals surface area contributed by atoms with Gasteiger partial charge in [-0.05, 0) is 26.8 Å². The van der Waals surface area contributed by atoms with Crippen LogP contribution in [0.15, 0.2) is 0 Å². The summed E-state index contributed by atoms with van der Waals surface area (Å²) in [6.45, 7) is 11.3. The third-order valence-electron chi connectivity index (χ3n) is 2.52. The number of esters is 1. The summed E-state index contributed by atoms with van der Waals surface area (Å²) >= 11 is 0. The molecular weight excluding hydrogens is 206 g/mol. The highest BCUT2D eigenvalue weighted by atomic mass is 16.5. The Kier molecular flexibility index (Phi) is 9.24. The molecule has 0 aromatic rings. The summed E-state index contributed by atoms with van der Waals surface area (Å²) in [6.07, 6.45) is 0.777. The molecule has 0 aliphatic heterocycles. The van der Waals surface area contributed by atoms with Crippen molar-refractivity contribution in [3.05, 3.63) is 0 Å². The van der Waals surface area contributed by atoms with Crippen LogP contribution in [0.25, 0.3) is 0 Å². The fraction of sp³-hybridized carbons (Fsp3) is 0.917. The Bertz CT molecular complexity index is 185. The first-order valence-corrected chi connectivity index (χ1v) is 6.19. The zero-order valence-corrected chi connectivity index (χ0v) is 11.0. The Labute approximate surface area is 98.9 Å². The number of carbonyl (C=O) groups is 1. The van der Waals surface area contributed by atoms with E-state index in [4.69, 9.17) is 9.47 Å². The molecule has 96 valence electrons. The standard InChI is InChI=1S/C12H25NO3/c1-5-11(12(14)16-8-4)13(6-2)9-10-15-7-3/h11H,5-10H2,1-4H3. The fourth-order valence-corrected chi connectivity index (χ4v) is 1.67. The van der Waals surface area contributed by atoms with Crippen LogP contribution in [0.4, 0.5) is 0 Å². The lowest BCUT2D eigenvalue weighted by Gasteiger charge is -2.27. The van der Waals surface area contributed by atoms with Crippen molar-refractivity contribution in [2.24, 2.45) is 0 Å². The van der Waals surface area contributed by atoms with Crippen molar-refractivity contribution >= 4 is 5.97 Å². The minimum Gasteiger partial charge on any atom is -0.465 e. The molecule has 1 unspecified atom stereocenters. The second-order valence-corrected chi connectivity index (χ2v) is 3.50. The van der Waals surface area contributed by atoms with Crippen molar-refractivity contribution in [3.63, 3.8) is 0 Å². The van der Waals surface area contributed by atoms with Gasteiger partial charge in [0.15, 0.2) is 0 Å². The van der Waals surface area contributed by atoms with E-state index < -0.39 is 0 Å². The van der Waals surface area contributed by atoms with Crippen LogP contribution < -0.4 is 0 Å². The predicted octanol–water partition coefficient (Wildman–Crippen LogP) is 1.69. The highest BCUT2D eigenvalue weighted by Crippen LogP contribution is 2.06. The molecule has 0 radical (unpaired) electrons. The molecule has 0 rings (SSSR count). The molecule has 0 aromatic carbocycles.